The predicted molar refractivity (Wildman–Crippen MR) is 68.7 cm³/mol. The molecule has 5 nitrogen and oxygen atoms in total. The van der Waals surface area contributed by atoms with Gasteiger partial charge < -0.3 is 0 Å². The molecule has 2 aromatic heterocycles. The van der Waals surface area contributed by atoms with E-state index in [0.717, 1.165) is 0 Å². The summed E-state index contributed by atoms with van der Waals surface area (Å²) in [4.78, 5) is 20.3. The van der Waals surface area contributed by atoms with Gasteiger partial charge in [-0.05, 0) is 25.1 Å². The quantitative estimate of drug-likeness (QED) is 0.742. The summed E-state index contributed by atoms with van der Waals surface area (Å²) in [7, 11) is 0. The molecule has 0 fully saturated rings. The Labute approximate surface area is 111 Å². The van der Waals surface area contributed by atoms with Gasteiger partial charge in [-0.2, -0.15) is 4.52 Å². The van der Waals surface area contributed by atoms with E-state index in [-0.39, 0.29) is 16.4 Å². The van der Waals surface area contributed by atoms with Gasteiger partial charge in [0.15, 0.2) is 0 Å². The number of nitrogens with one attached hydrogen (secondary N) is 1. The maximum absolute atomic E-state index is 13.1. The topological polar surface area (TPSA) is 63.1 Å². The highest BCUT2D eigenvalue weighted by Gasteiger charge is 2.14. The Balaban J connectivity index is 2.36. The molecule has 0 atom stereocenters. The number of fused-ring (bicyclic) bond motifs is 1. The van der Waals surface area contributed by atoms with E-state index in [1.165, 1.54) is 29.0 Å². The zero-order valence-electron chi connectivity index (χ0n) is 9.82. The summed E-state index contributed by atoms with van der Waals surface area (Å²) in [6.07, 6.45) is 1.37. The van der Waals surface area contributed by atoms with Crippen LogP contribution in [0.25, 0.3) is 17.0 Å². The number of aromatic amines is 1. The summed E-state index contributed by atoms with van der Waals surface area (Å²) in [5, 5.41) is 2.87. The van der Waals surface area contributed by atoms with Crippen molar-refractivity contribution >= 4 is 17.4 Å². The van der Waals surface area contributed by atoms with Crippen molar-refractivity contribution < 1.29 is 4.39 Å². The molecule has 96 valence electrons. The van der Waals surface area contributed by atoms with E-state index in [9.17, 15) is 9.18 Å². The third-order valence-electron chi connectivity index (χ3n) is 2.84. The van der Waals surface area contributed by atoms with E-state index in [0.29, 0.717) is 16.8 Å². The van der Waals surface area contributed by atoms with E-state index in [2.05, 4.69) is 15.1 Å². The average Bonchev–Trinajstić information content (AvgIpc) is 2.83. The van der Waals surface area contributed by atoms with Crippen molar-refractivity contribution in [1.82, 2.24) is 19.6 Å². The van der Waals surface area contributed by atoms with Gasteiger partial charge in [0, 0.05) is 11.1 Å². The molecular weight excluding hydrogens is 271 g/mol. The molecule has 1 N–H and O–H groups in total. The van der Waals surface area contributed by atoms with E-state index >= 15 is 0 Å². The van der Waals surface area contributed by atoms with Crippen LogP contribution in [0.4, 0.5) is 4.39 Å². The first-order valence-corrected chi connectivity index (χ1v) is 5.84. The molecule has 2 heterocycles. The van der Waals surface area contributed by atoms with Crippen LogP contribution >= 0.6 is 11.6 Å². The summed E-state index contributed by atoms with van der Waals surface area (Å²) >= 11 is 6.00. The number of hydrogen-bond donors (Lipinski definition) is 1. The van der Waals surface area contributed by atoms with Crippen LogP contribution in [0, 0.1) is 12.7 Å². The fourth-order valence-corrected chi connectivity index (χ4v) is 2.14. The molecule has 0 aliphatic heterocycles. The Bertz CT molecular complexity index is 839. The third kappa shape index (κ3) is 1.80. The fraction of sp³-hybridized carbons (Fsp3) is 0.0833. The van der Waals surface area contributed by atoms with E-state index in [1.807, 2.05) is 0 Å². The van der Waals surface area contributed by atoms with Crippen molar-refractivity contribution in [1.29, 1.82) is 0 Å². The van der Waals surface area contributed by atoms with Gasteiger partial charge >= 0.3 is 0 Å². The number of halogens is 2. The lowest BCUT2D eigenvalue weighted by molar-refractivity contribution is 0.628. The lowest BCUT2D eigenvalue weighted by atomic mass is 10.1. The monoisotopic (exact) mass is 278 g/mol. The molecule has 0 aliphatic carbocycles. The minimum atomic E-state index is -0.441. The highest BCUT2D eigenvalue weighted by atomic mass is 35.5. The predicted octanol–water partition coefficient (Wildman–Crippen LogP) is 2.19. The number of aromatic nitrogens is 4. The minimum absolute atomic E-state index is 0.204. The molecule has 0 unspecified atom stereocenters. The first kappa shape index (κ1) is 11.9. The largest absolute Gasteiger partial charge is 0.278 e. The normalized spacial score (nSPS) is 11.1. The van der Waals surface area contributed by atoms with Crippen LogP contribution in [0.3, 0.4) is 0 Å². The molecule has 0 radical (unpaired) electrons. The lowest BCUT2D eigenvalue weighted by Crippen LogP contribution is -2.19. The highest BCUT2D eigenvalue weighted by Crippen LogP contribution is 2.28. The average molecular weight is 279 g/mol. The number of hydrogen-bond acceptors (Lipinski definition) is 3. The molecular formula is C12H8ClFN4O. The maximum atomic E-state index is 13.1. The molecule has 19 heavy (non-hydrogen) atoms. The van der Waals surface area contributed by atoms with Gasteiger partial charge in [-0.1, -0.05) is 11.6 Å². The van der Waals surface area contributed by atoms with Gasteiger partial charge in [-0.25, -0.2) is 14.4 Å². The number of benzene rings is 1. The Kier molecular flexibility index (Phi) is 2.60. The Morgan fingerprint density at radius 2 is 2.21 bits per heavy atom. The Morgan fingerprint density at radius 1 is 1.42 bits per heavy atom. The van der Waals surface area contributed by atoms with Gasteiger partial charge in [-0.3, -0.25) is 9.89 Å². The van der Waals surface area contributed by atoms with Gasteiger partial charge in [0.1, 0.15) is 12.1 Å². The van der Waals surface area contributed by atoms with Crippen molar-refractivity contribution in [2.45, 2.75) is 6.92 Å². The number of rotatable bonds is 1. The van der Waals surface area contributed by atoms with Crippen LogP contribution in [0.1, 0.15) is 5.56 Å². The molecule has 0 saturated carbocycles. The molecule has 0 amide bonds. The van der Waals surface area contributed by atoms with E-state index in [4.69, 9.17) is 11.6 Å². The smallest absolute Gasteiger partial charge is 0.277 e. The fourth-order valence-electron chi connectivity index (χ4n) is 1.88. The first-order valence-electron chi connectivity index (χ1n) is 5.46. The summed E-state index contributed by atoms with van der Waals surface area (Å²) in [5.41, 5.74) is 1.05. The Morgan fingerprint density at radius 3 is 2.95 bits per heavy atom. The molecule has 3 aromatic rings. The van der Waals surface area contributed by atoms with Gasteiger partial charge in [-0.15, -0.1) is 0 Å². The van der Waals surface area contributed by atoms with Gasteiger partial charge in [0.05, 0.1) is 10.7 Å². The molecule has 0 spiro atoms. The van der Waals surface area contributed by atoms with Crippen molar-refractivity contribution in [3.05, 3.63) is 51.3 Å². The van der Waals surface area contributed by atoms with Crippen LogP contribution in [0.2, 0.25) is 5.02 Å². The van der Waals surface area contributed by atoms with Crippen LogP contribution in [-0.2, 0) is 0 Å². The minimum Gasteiger partial charge on any atom is -0.278 e. The summed E-state index contributed by atoms with van der Waals surface area (Å²) in [5.74, 6) is -0.199. The molecule has 3 rings (SSSR count). The van der Waals surface area contributed by atoms with Crippen LogP contribution < -0.4 is 5.56 Å². The van der Waals surface area contributed by atoms with Crippen LogP contribution in [0.15, 0.2) is 29.3 Å². The van der Waals surface area contributed by atoms with Gasteiger partial charge in [0.2, 0.25) is 0 Å². The highest BCUT2D eigenvalue weighted by molar-refractivity contribution is 6.33. The zero-order valence-corrected chi connectivity index (χ0v) is 10.6. The van der Waals surface area contributed by atoms with Crippen LogP contribution in [-0.4, -0.2) is 19.6 Å². The van der Waals surface area contributed by atoms with E-state index < -0.39 is 5.82 Å². The van der Waals surface area contributed by atoms with E-state index in [1.54, 1.807) is 6.92 Å². The third-order valence-corrected chi connectivity index (χ3v) is 3.16. The lowest BCUT2D eigenvalue weighted by Gasteiger charge is -2.06. The molecule has 0 bridgehead atoms. The van der Waals surface area contributed by atoms with Gasteiger partial charge in [0.25, 0.3) is 11.3 Å². The summed E-state index contributed by atoms with van der Waals surface area (Å²) in [6, 6.07) is 3.95. The molecule has 0 aliphatic rings. The summed E-state index contributed by atoms with van der Waals surface area (Å²) in [6.45, 7) is 1.64. The molecule has 7 heteroatoms. The second-order valence-corrected chi connectivity index (χ2v) is 4.44. The van der Waals surface area contributed by atoms with Crippen molar-refractivity contribution in [2.75, 3.05) is 0 Å². The second kappa shape index (κ2) is 4.17. The molecule has 1 aromatic carbocycles. The number of nitrogens with zero attached hydrogens (tertiary/aromatic N) is 3. The zero-order chi connectivity index (χ0) is 13.6. The first-order chi connectivity index (χ1) is 9.08. The number of H-pyrrole nitrogens is 1. The molecule has 0 saturated heterocycles. The SMILES string of the molecule is Cc1c(-c2ccc(F)cc2Cl)nc2nc[nH]n2c1=O. The van der Waals surface area contributed by atoms with Crippen LogP contribution in [0.5, 0.6) is 0 Å². The van der Waals surface area contributed by atoms with Crippen molar-refractivity contribution in [3.63, 3.8) is 0 Å². The maximum Gasteiger partial charge on any atom is 0.277 e. The second-order valence-electron chi connectivity index (χ2n) is 4.04. The Hall–Kier alpha value is -2.21. The standard InChI is InChI=1S/C12H8ClFN4O/c1-6-10(8-3-2-7(14)4-9(8)13)17-12-15-5-16-18(12)11(6)19/h2-5H,1H3,(H,15,16,17). The van der Waals surface area contributed by atoms with Crippen molar-refractivity contribution in [3.8, 4) is 11.3 Å². The summed E-state index contributed by atoms with van der Waals surface area (Å²) < 4.78 is 14.3. The van der Waals surface area contributed by atoms with Crippen molar-refractivity contribution in [2.24, 2.45) is 0 Å².